The average Bonchev–Trinajstić information content (AvgIpc) is 2.36. The van der Waals surface area contributed by atoms with Gasteiger partial charge in [-0.15, -0.1) is 0 Å². The van der Waals surface area contributed by atoms with Gasteiger partial charge in [0.15, 0.2) is 0 Å². The van der Waals surface area contributed by atoms with Crippen molar-refractivity contribution in [3.8, 4) is 0 Å². The van der Waals surface area contributed by atoms with E-state index < -0.39 is 5.97 Å². The van der Waals surface area contributed by atoms with Crippen molar-refractivity contribution >= 4 is 17.3 Å². The lowest BCUT2D eigenvalue weighted by Gasteiger charge is -2.13. The Balaban J connectivity index is 2.25. The second-order valence-electron chi connectivity index (χ2n) is 5.16. The van der Waals surface area contributed by atoms with Gasteiger partial charge in [0.1, 0.15) is 0 Å². The van der Waals surface area contributed by atoms with Gasteiger partial charge in [0.25, 0.3) is 0 Å². The fraction of sp³-hybridized carbons (Fsp3) is 0.235. The van der Waals surface area contributed by atoms with Crippen LogP contribution >= 0.6 is 0 Å². The van der Waals surface area contributed by atoms with Crippen LogP contribution in [0.4, 0.5) is 11.4 Å². The maximum absolute atomic E-state index is 10.7. The summed E-state index contributed by atoms with van der Waals surface area (Å²) in [6.45, 7) is 6.11. The summed E-state index contributed by atoms with van der Waals surface area (Å²) in [6, 6.07) is 12.0. The largest absolute Gasteiger partial charge is 0.481 e. The highest BCUT2D eigenvalue weighted by Crippen LogP contribution is 2.25. The first kappa shape index (κ1) is 14.1. The average molecular weight is 269 g/mol. The minimum absolute atomic E-state index is 0.0601. The number of rotatable bonds is 4. The minimum atomic E-state index is -0.806. The van der Waals surface area contributed by atoms with Gasteiger partial charge in [0.05, 0.1) is 6.42 Å². The van der Waals surface area contributed by atoms with E-state index in [1.165, 1.54) is 11.1 Å². The molecule has 0 bridgehead atoms. The number of carbonyl (C=O) groups is 1. The van der Waals surface area contributed by atoms with E-state index in [0.29, 0.717) is 0 Å². The summed E-state index contributed by atoms with van der Waals surface area (Å²) in [5.74, 6) is -0.806. The van der Waals surface area contributed by atoms with Crippen LogP contribution in [0.15, 0.2) is 36.4 Å². The number of aliphatic carboxylic acids is 1. The van der Waals surface area contributed by atoms with E-state index in [1.807, 2.05) is 25.1 Å². The lowest BCUT2D eigenvalue weighted by Crippen LogP contribution is -2.01. The monoisotopic (exact) mass is 269 g/mol. The molecular formula is C17H19NO2. The number of anilines is 2. The van der Waals surface area contributed by atoms with Gasteiger partial charge in [-0.25, -0.2) is 0 Å². The number of benzene rings is 2. The molecule has 0 atom stereocenters. The standard InChI is InChI=1S/C17H19NO2/c1-11-4-5-12(2)16(8-11)18-15-7-6-14(9-13(15)3)10-17(19)20/h4-9,18H,10H2,1-3H3,(H,19,20). The summed E-state index contributed by atoms with van der Waals surface area (Å²) in [6.07, 6.45) is 0.0601. The fourth-order valence-electron chi connectivity index (χ4n) is 2.17. The molecule has 0 spiro atoms. The van der Waals surface area contributed by atoms with Crippen LogP contribution in [-0.2, 0) is 11.2 Å². The molecule has 0 amide bonds. The van der Waals surface area contributed by atoms with Crippen LogP contribution in [0.3, 0.4) is 0 Å². The van der Waals surface area contributed by atoms with E-state index in [1.54, 1.807) is 0 Å². The number of hydrogen-bond acceptors (Lipinski definition) is 2. The summed E-state index contributed by atoms with van der Waals surface area (Å²) < 4.78 is 0. The van der Waals surface area contributed by atoms with Crippen molar-refractivity contribution in [1.82, 2.24) is 0 Å². The zero-order valence-electron chi connectivity index (χ0n) is 12.0. The molecule has 0 fully saturated rings. The summed E-state index contributed by atoms with van der Waals surface area (Å²) >= 11 is 0. The molecule has 0 radical (unpaired) electrons. The number of nitrogens with one attached hydrogen (secondary N) is 1. The topological polar surface area (TPSA) is 49.3 Å². The fourth-order valence-corrected chi connectivity index (χ4v) is 2.17. The summed E-state index contributed by atoms with van der Waals surface area (Å²) in [4.78, 5) is 10.7. The molecule has 2 rings (SSSR count). The lowest BCUT2D eigenvalue weighted by atomic mass is 10.1. The molecule has 0 aliphatic heterocycles. The second-order valence-corrected chi connectivity index (χ2v) is 5.16. The van der Waals surface area contributed by atoms with E-state index in [0.717, 1.165) is 22.5 Å². The minimum Gasteiger partial charge on any atom is -0.481 e. The first-order valence-electron chi connectivity index (χ1n) is 6.61. The Morgan fingerprint density at radius 3 is 2.40 bits per heavy atom. The van der Waals surface area contributed by atoms with Gasteiger partial charge in [0.2, 0.25) is 0 Å². The number of aryl methyl sites for hydroxylation is 3. The highest BCUT2D eigenvalue weighted by atomic mass is 16.4. The van der Waals surface area contributed by atoms with Crippen molar-refractivity contribution < 1.29 is 9.90 Å². The van der Waals surface area contributed by atoms with Crippen molar-refractivity contribution in [2.75, 3.05) is 5.32 Å². The van der Waals surface area contributed by atoms with Crippen LogP contribution in [0.5, 0.6) is 0 Å². The number of carboxylic acids is 1. The normalized spacial score (nSPS) is 10.3. The molecule has 0 saturated carbocycles. The summed E-state index contributed by atoms with van der Waals surface area (Å²) in [5, 5.41) is 12.2. The van der Waals surface area contributed by atoms with Crippen molar-refractivity contribution in [3.63, 3.8) is 0 Å². The van der Waals surface area contributed by atoms with E-state index in [4.69, 9.17) is 5.11 Å². The number of carboxylic acid groups (broad SMARTS) is 1. The predicted octanol–water partition coefficient (Wildman–Crippen LogP) is 3.98. The molecule has 2 N–H and O–H groups in total. The smallest absolute Gasteiger partial charge is 0.307 e. The molecule has 2 aromatic rings. The van der Waals surface area contributed by atoms with Gasteiger partial charge in [-0.3, -0.25) is 4.79 Å². The lowest BCUT2D eigenvalue weighted by molar-refractivity contribution is -0.136. The Morgan fingerprint density at radius 1 is 1.00 bits per heavy atom. The van der Waals surface area contributed by atoms with Crippen molar-refractivity contribution in [1.29, 1.82) is 0 Å². The van der Waals surface area contributed by atoms with E-state index >= 15 is 0 Å². The zero-order chi connectivity index (χ0) is 14.7. The molecule has 104 valence electrons. The molecule has 0 aromatic heterocycles. The molecule has 0 aliphatic rings. The molecule has 0 heterocycles. The van der Waals surface area contributed by atoms with Gasteiger partial charge >= 0.3 is 5.97 Å². The Bertz CT molecular complexity index is 647. The van der Waals surface area contributed by atoms with E-state index in [2.05, 4.69) is 37.4 Å². The third-order valence-corrected chi connectivity index (χ3v) is 3.31. The maximum Gasteiger partial charge on any atom is 0.307 e. The van der Waals surface area contributed by atoms with Gasteiger partial charge in [-0.1, -0.05) is 24.3 Å². The van der Waals surface area contributed by atoms with Gasteiger partial charge in [-0.2, -0.15) is 0 Å². The van der Waals surface area contributed by atoms with Crippen molar-refractivity contribution in [3.05, 3.63) is 58.7 Å². The van der Waals surface area contributed by atoms with Crippen LogP contribution in [0.1, 0.15) is 22.3 Å². The molecule has 20 heavy (non-hydrogen) atoms. The first-order chi connectivity index (χ1) is 9.45. The van der Waals surface area contributed by atoms with Crippen LogP contribution in [0, 0.1) is 20.8 Å². The molecule has 0 aliphatic carbocycles. The van der Waals surface area contributed by atoms with Gasteiger partial charge < -0.3 is 10.4 Å². The number of hydrogen-bond donors (Lipinski definition) is 2. The third-order valence-electron chi connectivity index (χ3n) is 3.31. The molecular weight excluding hydrogens is 250 g/mol. The van der Waals surface area contributed by atoms with E-state index in [-0.39, 0.29) is 6.42 Å². The Labute approximate surface area is 119 Å². The Kier molecular flexibility index (Phi) is 4.08. The Hall–Kier alpha value is -2.29. The summed E-state index contributed by atoms with van der Waals surface area (Å²) in [7, 11) is 0. The van der Waals surface area contributed by atoms with Crippen molar-refractivity contribution in [2.24, 2.45) is 0 Å². The predicted molar refractivity (Wildman–Crippen MR) is 81.7 cm³/mol. The van der Waals surface area contributed by atoms with Gasteiger partial charge in [-0.05, 0) is 55.2 Å². The van der Waals surface area contributed by atoms with Crippen molar-refractivity contribution in [2.45, 2.75) is 27.2 Å². The van der Waals surface area contributed by atoms with Crippen LogP contribution in [0.25, 0.3) is 0 Å². The van der Waals surface area contributed by atoms with Crippen LogP contribution < -0.4 is 5.32 Å². The molecule has 0 saturated heterocycles. The molecule has 2 aromatic carbocycles. The molecule has 3 nitrogen and oxygen atoms in total. The van der Waals surface area contributed by atoms with Crippen LogP contribution in [0.2, 0.25) is 0 Å². The van der Waals surface area contributed by atoms with E-state index in [9.17, 15) is 4.79 Å². The Morgan fingerprint density at radius 2 is 1.75 bits per heavy atom. The van der Waals surface area contributed by atoms with Gasteiger partial charge in [0, 0.05) is 11.4 Å². The second kappa shape index (κ2) is 5.78. The molecule has 3 heteroatoms. The highest BCUT2D eigenvalue weighted by Gasteiger charge is 2.05. The highest BCUT2D eigenvalue weighted by molar-refractivity contribution is 5.72. The maximum atomic E-state index is 10.7. The van der Waals surface area contributed by atoms with Crippen LogP contribution in [-0.4, -0.2) is 11.1 Å². The first-order valence-corrected chi connectivity index (χ1v) is 6.61. The zero-order valence-corrected chi connectivity index (χ0v) is 12.0. The quantitative estimate of drug-likeness (QED) is 0.882. The SMILES string of the molecule is Cc1ccc(C)c(Nc2ccc(CC(=O)O)cc2C)c1. The molecule has 0 unspecified atom stereocenters. The summed E-state index contributed by atoms with van der Waals surface area (Å²) in [5.41, 5.74) is 6.35. The third kappa shape index (κ3) is 3.38.